The Labute approximate surface area is 133 Å². The van der Waals surface area contributed by atoms with Crippen molar-refractivity contribution < 1.29 is 4.74 Å². The number of nitrogens with one attached hydrogen (secondary N) is 1. The third-order valence-corrected chi connectivity index (χ3v) is 4.72. The molecule has 0 amide bonds. The fourth-order valence-corrected chi connectivity index (χ4v) is 3.22. The van der Waals surface area contributed by atoms with Crippen molar-refractivity contribution in [3.63, 3.8) is 0 Å². The Morgan fingerprint density at radius 2 is 2.05 bits per heavy atom. The van der Waals surface area contributed by atoms with E-state index in [1.165, 1.54) is 37.8 Å². The highest BCUT2D eigenvalue weighted by atomic mass is 35.5. The molecule has 2 rings (SSSR count). The number of methoxy groups -OCH3 is 1. The molecule has 0 saturated heterocycles. The van der Waals surface area contributed by atoms with Gasteiger partial charge in [0.2, 0.25) is 0 Å². The Morgan fingerprint density at radius 1 is 1.29 bits per heavy atom. The second-order valence-corrected chi connectivity index (χ2v) is 6.26. The highest BCUT2D eigenvalue weighted by Gasteiger charge is 2.18. The summed E-state index contributed by atoms with van der Waals surface area (Å²) in [5.74, 6) is 0. The predicted octanol–water partition coefficient (Wildman–Crippen LogP) is 3.84. The van der Waals surface area contributed by atoms with E-state index in [4.69, 9.17) is 16.3 Å². The van der Waals surface area contributed by atoms with Gasteiger partial charge in [-0.15, -0.1) is 0 Å². The van der Waals surface area contributed by atoms with Gasteiger partial charge in [-0.1, -0.05) is 36.9 Å². The molecule has 1 aromatic carbocycles. The van der Waals surface area contributed by atoms with E-state index >= 15 is 0 Å². The minimum absolute atomic E-state index is 0.667. The van der Waals surface area contributed by atoms with Crippen molar-refractivity contribution in [2.24, 2.45) is 0 Å². The van der Waals surface area contributed by atoms with Crippen molar-refractivity contribution in [1.29, 1.82) is 0 Å². The molecule has 1 aliphatic rings. The summed E-state index contributed by atoms with van der Waals surface area (Å²) in [7, 11) is 3.91. The molecule has 3 nitrogen and oxygen atoms in total. The fourth-order valence-electron chi connectivity index (χ4n) is 2.98. The molecule has 21 heavy (non-hydrogen) atoms. The Kier molecular flexibility index (Phi) is 6.81. The molecule has 0 aliphatic heterocycles. The maximum atomic E-state index is 6.43. The van der Waals surface area contributed by atoms with Crippen LogP contribution in [0.15, 0.2) is 18.2 Å². The van der Waals surface area contributed by atoms with E-state index in [1.807, 2.05) is 0 Å². The van der Waals surface area contributed by atoms with Gasteiger partial charge in [-0.25, -0.2) is 0 Å². The zero-order valence-electron chi connectivity index (χ0n) is 13.2. The van der Waals surface area contributed by atoms with Gasteiger partial charge in [0.05, 0.1) is 6.61 Å². The summed E-state index contributed by atoms with van der Waals surface area (Å²) in [6.45, 7) is 2.35. The van der Waals surface area contributed by atoms with Crippen LogP contribution in [0.5, 0.6) is 0 Å². The fraction of sp³-hybridized carbons (Fsp3) is 0.647. The van der Waals surface area contributed by atoms with Gasteiger partial charge in [0, 0.05) is 44.0 Å². The lowest BCUT2D eigenvalue weighted by Gasteiger charge is -2.33. The molecule has 0 aromatic heterocycles. The number of benzene rings is 1. The molecule has 0 unspecified atom stereocenters. The lowest BCUT2D eigenvalue weighted by Crippen LogP contribution is -2.33. The van der Waals surface area contributed by atoms with Crippen molar-refractivity contribution >= 4 is 17.3 Å². The molecule has 1 saturated carbocycles. The first-order valence-corrected chi connectivity index (χ1v) is 8.31. The molecule has 0 bridgehead atoms. The smallest absolute Gasteiger partial charge is 0.0587 e. The van der Waals surface area contributed by atoms with Crippen LogP contribution in [0.3, 0.4) is 0 Å². The first-order chi connectivity index (χ1) is 10.2. The average Bonchev–Trinajstić information content (AvgIpc) is 2.53. The molecule has 1 N–H and O–H groups in total. The minimum atomic E-state index is 0.667. The van der Waals surface area contributed by atoms with Gasteiger partial charge in [0.1, 0.15) is 0 Å². The molecule has 1 fully saturated rings. The van der Waals surface area contributed by atoms with Crippen molar-refractivity contribution in [3.8, 4) is 0 Å². The Balaban J connectivity index is 1.94. The van der Waals surface area contributed by atoms with E-state index in [0.29, 0.717) is 6.04 Å². The topological polar surface area (TPSA) is 24.5 Å². The van der Waals surface area contributed by atoms with Crippen LogP contribution in [0.1, 0.15) is 37.7 Å². The van der Waals surface area contributed by atoms with Gasteiger partial charge in [-0.05, 0) is 30.5 Å². The van der Waals surface area contributed by atoms with Crippen LogP contribution in [-0.2, 0) is 11.3 Å². The molecule has 1 aliphatic carbocycles. The van der Waals surface area contributed by atoms with Crippen molar-refractivity contribution in [2.45, 2.75) is 44.7 Å². The van der Waals surface area contributed by atoms with Crippen molar-refractivity contribution in [3.05, 3.63) is 28.8 Å². The second kappa shape index (κ2) is 8.62. The number of hydrogen-bond acceptors (Lipinski definition) is 3. The van der Waals surface area contributed by atoms with Crippen molar-refractivity contribution in [1.82, 2.24) is 5.32 Å². The van der Waals surface area contributed by atoms with E-state index < -0.39 is 0 Å². The molecule has 0 atom stereocenters. The van der Waals surface area contributed by atoms with E-state index in [-0.39, 0.29) is 0 Å². The highest BCUT2D eigenvalue weighted by molar-refractivity contribution is 6.31. The van der Waals surface area contributed by atoms with Crippen LogP contribution in [0.25, 0.3) is 0 Å². The SMILES string of the molecule is COCCNCc1ccc(N(C)C2CCCCC2)cc1Cl. The minimum Gasteiger partial charge on any atom is -0.383 e. The number of rotatable bonds is 7. The maximum Gasteiger partial charge on any atom is 0.0587 e. The van der Waals surface area contributed by atoms with Crippen LogP contribution < -0.4 is 10.2 Å². The largest absolute Gasteiger partial charge is 0.383 e. The monoisotopic (exact) mass is 310 g/mol. The van der Waals surface area contributed by atoms with Crippen LogP contribution >= 0.6 is 11.6 Å². The van der Waals surface area contributed by atoms with E-state index in [1.54, 1.807) is 7.11 Å². The normalized spacial score (nSPS) is 16.1. The van der Waals surface area contributed by atoms with Gasteiger partial charge in [0.15, 0.2) is 0 Å². The molecule has 4 heteroatoms. The standard InChI is InChI=1S/C17H27ClN2O/c1-20(15-6-4-3-5-7-15)16-9-8-14(17(18)12-16)13-19-10-11-21-2/h8-9,12,15,19H,3-7,10-11,13H2,1-2H3. The summed E-state index contributed by atoms with van der Waals surface area (Å²) in [5, 5.41) is 4.18. The summed E-state index contributed by atoms with van der Waals surface area (Å²) >= 11 is 6.43. The van der Waals surface area contributed by atoms with E-state index in [9.17, 15) is 0 Å². The lowest BCUT2D eigenvalue weighted by atomic mass is 9.94. The molecular weight excluding hydrogens is 284 g/mol. The average molecular weight is 311 g/mol. The van der Waals surface area contributed by atoms with Gasteiger partial charge >= 0.3 is 0 Å². The number of anilines is 1. The summed E-state index contributed by atoms with van der Waals surface area (Å²) in [6, 6.07) is 7.09. The third kappa shape index (κ3) is 4.87. The third-order valence-electron chi connectivity index (χ3n) is 4.36. The van der Waals surface area contributed by atoms with E-state index in [0.717, 1.165) is 30.3 Å². The summed E-state index contributed by atoms with van der Waals surface area (Å²) in [4.78, 5) is 2.40. The van der Waals surface area contributed by atoms with Gasteiger partial charge in [0.25, 0.3) is 0 Å². The van der Waals surface area contributed by atoms with Crippen LogP contribution in [0, 0.1) is 0 Å². The number of nitrogens with zero attached hydrogens (tertiary/aromatic N) is 1. The van der Waals surface area contributed by atoms with Gasteiger partial charge in [-0.3, -0.25) is 0 Å². The first-order valence-electron chi connectivity index (χ1n) is 7.93. The zero-order valence-corrected chi connectivity index (χ0v) is 14.0. The molecular formula is C17H27ClN2O. The first kappa shape index (κ1) is 16.6. The number of ether oxygens (including phenoxy) is 1. The summed E-state index contributed by atoms with van der Waals surface area (Å²) in [6.07, 6.45) is 6.69. The number of hydrogen-bond donors (Lipinski definition) is 1. The summed E-state index contributed by atoms with van der Waals surface area (Å²) < 4.78 is 5.03. The Hall–Kier alpha value is -0.770. The molecule has 0 heterocycles. The van der Waals surface area contributed by atoms with Gasteiger partial charge < -0.3 is 15.0 Å². The molecule has 1 aromatic rings. The molecule has 0 spiro atoms. The Bertz CT molecular complexity index is 433. The van der Waals surface area contributed by atoms with Crippen molar-refractivity contribution in [2.75, 3.05) is 32.2 Å². The van der Waals surface area contributed by atoms with Crippen LogP contribution in [0.4, 0.5) is 5.69 Å². The Morgan fingerprint density at radius 3 is 2.71 bits per heavy atom. The number of halogens is 1. The lowest BCUT2D eigenvalue weighted by molar-refractivity contribution is 0.199. The van der Waals surface area contributed by atoms with E-state index in [2.05, 4.69) is 35.5 Å². The highest BCUT2D eigenvalue weighted by Crippen LogP contribution is 2.29. The quantitative estimate of drug-likeness (QED) is 0.774. The molecule has 118 valence electrons. The zero-order chi connectivity index (χ0) is 15.1. The second-order valence-electron chi connectivity index (χ2n) is 5.85. The molecule has 0 radical (unpaired) electrons. The van der Waals surface area contributed by atoms with Crippen LogP contribution in [0.2, 0.25) is 5.02 Å². The predicted molar refractivity (Wildman–Crippen MR) is 90.3 cm³/mol. The maximum absolute atomic E-state index is 6.43. The van der Waals surface area contributed by atoms with Crippen LogP contribution in [-0.4, -0.2) is 33.4 Å². The summed E-state index contributed by atoms with van der Waals surface area (Å²) in [5.41, 5.74) is 2.38. The van der Waals surface area contributed by atoms with Gasteiger partial charge in [-0.2, -0.15) is 0 Å².